The van der Waals surface area contributed by atoms with Crippen LogP contribution in [0, 0.1) is 5.41 Å². The minimum Gasteiger partial charge on any atom is -0.444 e. The zero-order valence-electron chi connectivity index (χ0n) is 18.2. The first kappa shape index (κ1) is 22.1. The summed E-state index contributed by atoms with van der Waals surface area (Å²) in [7, 11) is 0. The Hall–Kier alpha value is -1.15. The van der Waals surface area contributed by atoms with Gasteiger partial charge in [-0.3, -0.25) is 10.2 Å². The Balaban J connectivity index is 1.38. The fourth-order valence-electron chi connectivity index (χ4n) is 5.32. The lowest BCUT2D eigenvalue weighted by molar-refractivity contribution is -0.0979. The molecular weight excluding hydrogens is 446 g/mol. The van der Waals surface area contributed by atoms with E-state index in [1.54, 1.807) is 0 Å². The summed E-state index contributed by atoms with van der Waals surface area (Å²) in [5.41, 5.74) is 1.02. The summed E-state index contributed by atoms with van der Waals surface area (Å²) in [4.78, 5) is 16.7. The molecule has 1 spiro atoms. The molecule has 3 aliphatic rings. The van der Waals surface area contributed by atoms with Crippen LogP contribution in [0.3, 0.4) is 0 Å². The van der Waals surface area contributed by atoms with Gasteiger partial charge in [0.25, 0.3) is 0 Å². The zero-order chi connectivity index (χ0) is 21.5. The number of nitrogens with one attached hydrogen (secondary N) is 1. The van der Waals surface area contributed by atoms with Crippen LogP contribution in [0.15, 0.2) is 28.7 Å². The number of benzene rings is 1. The molecule has 6 nitrogen and oxygen atoms in total. The van der Waals surface area contributed by atoms with Crippen molar-refractivity contribution >= 4 is 22.0 Å². The maximum Gasteiger partial charge on any atom is 0.410 e. The van der Waals surface area contributed by atoms with E-state index in [9.17, 15) is 9.90 Å². The summed E-state index contributed by atoms with van der Waals surface area (Å²) in [6.45, 7) is 9.04. The Morgan fingerprint density at radius 3 is 2.50 bits per heavy atom. The molecule has 2 N–H and O–H groups in total. The molecule has 0 aromatic heterocycles. The topological polar surface area (TPSA) is 65.0 Å². The van der Waals surface area contributed by atoms with Crippen LogP contribution in [-0.2, 0) is 4.74 Å². The molecule has 2 atom stereocenters. The van der Waals surface area contributed by atoms with Crippen LogP contribution in [0.4, 0.5) is 4.79 Å². The van der Waals surface area contributed by atoms with E-state index in [1.807, 2.05) is 43.9 Å². The minimum absolute atomic E-state index is 0.0430. The standard InChI is InChI=1S/C23H34BrN3O3/c1-22(2,3)30-21(29)26-11-8-23(9-12-26)14-16(15-23)27-13-10-25-20(28)19(27)17-6-4-5-7-18(17)24/h4-7,16,19-20,25,28H,8-15H2,1-3H3. The van der Waals surface area contributed by atoms with Gasteiger partial charge in [-0.1, -0.05) is 34.1 Å². The number of halogens is 1. The Bertz CT molecular complexity index is 765. The molecule has 3 fully saturated rings. The molecule has 2 unspecified atom stereocenters. The van der Waals surface area contributed by atoms with Gasteiger partial charge in [-0.2, -0.15) is 0 Å². The van der Waals surface area contributed by atoms with Gasteiger partial charge in [0.15, 0.2) is 0 Å². The lowest BCUT2D eigenvalue weighted by Gasteiger charge is -2.58. The number of aliphatic hydroxyl groups excluding tert-OH is 1. The highest BCUT2D eigenvalue weighted by Gasteiger charge is 2.51. The predicted molar refractivity (Wildman–Crippen MR) is 120 cm³/mol. The van der Waals surface area contributed by atoms with Gasteiger partial charge in [0.05, 0.1) is 6.04 Å². The second kappa shape index (κ2) is 8.41. The Labute approximate surface area is 188 Å². The van der Waals surface area contributed by atoms with E-state index < -0.39 is 11.8 Å². The van der Waals surface area contributed by atoms with E-state index in [1.165, 1.54) is 0 Å². The lowest BCUT2D eigenvalue weighted by Crippen LogP contribution is -2.62. The average molecular weight is 480 g/mol. The number of ether oxygens (including phenoxy) is 1. The first-order valence-electron chi connectivity index (χ1n) is 11.1. The Morgan fingerprint density at radius 2 is 1.87 bits per heavy atom. The van der Waals surface area contributed by atoms with E-state index >= 15 is 0 Å². The Kier molecular flexibility index (Phi) is 6.19. The zero-order valence-corrected chi connectivity index (χ0v) is 19.8. The number of likely N-dealkylation sites (tertiary alicyclic amines) is 1. The third kappa shape index (κ3) is 4.54. The van der Waals surface area contributed by atoms with Gasteiger partial charge in [0, 0.05) is 36.7 Å². The number of aliphatic hydroxyl groups is 1. The van der Waals surface area contributed by atoms with Gasteiger partial charge >= 0.3 is 6.09 Å². The van der Waals surface area contributed by atoms with E-state index in [4.69, 9.17) is 4.74 Å². The number of carbonyl (C=O) groups is 1. The maximum absolute atomic E-state index is 12.4. The van der Waals surface area contributed by atoms with Crippen molar-refractivity contribution < 1.29 is 14.6 Å². The summed E-state index contributed by atoms with van der Waals surface area (Å²) < 4.78 is 6.58. The van der Waals surface area contributed by atoms with Crippen LogP contribution < -0.4 is 5.32 Å². The summed E-state index contributed by atoms with van der Waals surface area (Å²) in [6.07, 6.45) is 3.61. The average Bonchev–Trinajstić information content (AvgIpc) is 2.65. The molecule has 2 heterocycles. The van der Waals surface area contributed by atoms with Gasteiger partial charge in [0.1, 0.15) is 11.8 Å². The molecule has 1 aliphatic carbocycles. The molecule has 1 aromatic carbocycles. The number of nitrogens with zero attached hydrogens (tertiary/aromatic N) is 2. The fourth-order valence-corrected chi connectivity index (χ4v) is 5.84. The normalized spacial score (nSPS) is 27.7. The molecule has 0 radical (unpaired) electrons. The number of hydrogen-bond acceptors (Lipinski definition) is 5. The number of piperidine rings is 1. The van der Waals surface area contributed by atoms with Gasteiger partial charge in [-0.15, -0.1) is 0 Å². The molecule has 1 saturated carbocycles. The highest BCUT2D eigenvalue weighted by atomic mass is 79.9. The minimum atomic E-state index is -0.567. The number of carbonyl (C=O) groups excluding carboxylic acids is 1. The van der Waals surface area contributed by atoms with Crippen molar-refractivity contribution in [2.75, 3.05) is 26.2 Å². The number of rotatable bonds is 2. The molecule has 30 heavy (non-hydrogen) atoms. The molecule has 1 amide bonds. The first-order chi connectivity index (χ1) is 14.2. The summed E-state index contributed by atoms with van der Waals surface area (Å²) >= 11 is 3.67. The van der Waals surface area contributed by atoms with Crippen molar-refractivity contribution in [2.24, 2.45) is 5.41 Å². The van der Waals surface area contributed by atoms with Crippen molar-refractivity contribution in [1.29, 1.82) is 0 Å². The third-order valence-corrected chi connectivity index (χ3v) is 7.61. The summed E-state index contributed by atoms with van der Waals surface area (Å²) in [6, 6.07) is 8.63. The van der Waals surface area contributed by atoms with Crippen LogP contribution in [0.2, 0.25) is 0 Å². The van der Waals surface area contributed by atoms with Gasteiger partial charge in [-0.05, 0) is 63.5 Å². The van der Waals surface area contributed by atoms with Gasteiger partial charge < -0.3 is 14.7 Å². The van der Waals surface area contributed by atoms with Crippen LogP contribution in [-0.4, -0.2) is 65.0 Å². The number of piperazine rings is 1. The summed E-state index contributed by atoms with van der Waals surface area (Å²) in [5, 5.41) is 14.0. The molecule has 166 valence electrons. The number of amides is 1. The quantitative estimate of drug-likeness (QED) is 0.673. The van der Waals surface area contributed by atoms with Crippen LogP contribution in [0.25, 0.3) is 0 Å². The molecule has 2 saturated heterocycles. The van der Waals surface area contributed by atoms with E-state index in [0.29, 0.717) is 11.5 Å². The fraction of sp³-hybridized carbons (Fsp3) is 0.696. The van der Waals surface area contributed by atoms with E-state index in [2.05, 4.69) is 32.2 Å². The molecule has 0 bridgehead atoms. The second-order valence-electron chi connectivity index (χ2n) is 10.1. The van der Waals surface area contributed by atoms with Crippen molar-refractivity contribution in [3.8, 4) is 0 Å². The highest BCUT2D eigenvalue weighted by Crippen LogP contribution is 2.53. The van der Waals surface area contributed by atoms with Gasteiger partial charge in [-0.25, -0.2) is 4.79 Å². The SMILES string of the molecule is CC(C)(C)OC(=O)N1CCC2(CC1)CC(N1CCNC(O)C1c1ccccc1Br)C2. The highest BCUT2D eigenvalue weighted by molar-refractivity contribution is 9.10. The van der Waals surface area contributed by atoms with Crippen molar-refractivity contribution in [3.05, 3.63) is 34.3 Å². The van der Waals surface area contributed by atoms with E-state index in [0.717, 1.165) is 61.9 Å². The first-order valence-corrected chi connectivity index (χ1v) is 11.9. The lowest BCUT2D eigenvalue weighted by atomic mass is 9.59. The van der Waals surface area contributed by atoms with E-state index in [-0.39, 0.29) is 12.1 Å². The van der Waals surface area contributed by atoms with Crippen molar-refractivity contribution in [2.45, 2.75) is 70.4 Å². The predicted octanol–water partition coefficient (Wildman–Crippen LogP) is 3.89. The molecule has 4 rings (SSSR count). The van der Waals surface area contributed by atoms with Crippen molar-refractivity contribution in [1.82, 2.24) is 15.1 Å². The van der Waals surface area contributed by atoms with Crippen LogP contribution in [0.5, 0.6) is 0 Å². The van der Waals surface area contributed by atoms with Crippen molar-refractivity contribution in [3.63, 3.8) is 0 Å². The molecule has 1 aromatic rings. The monoisotopic (exact) mass is 479 g/mol. The molecular formula is C23H34BrN3O3. The van der Waals surface area contributed by atoms with Crippen LogP contribution in [0.1, 0.15) is 58.1 Å². The molecule has 2 aliphatic heterocycles. The second-order valence-corrected chi connectivity index (χ2v) is 11.0. The Morgan fingerprint density at radius 1 is 1.20 bits per heavy atom. The van der Waals surface area contributed by atoms with Crippen LogP contribution >= 0.6 is 15.9 Å². The smallest absolute Gasteiger partial charge is 0.410 e. The maximum atomic E-state index is 12.4. The summed E-state index contributed by atoms with van der Waals surface area (Å²) in [5.74, 6) is 0. The third-order valence-electron chi connectivity index (χ3n) is 6.89. The largest absolute Gasteiger partial charge is 0.444 e. The molecule has 7 heteroatoms. The van der Waals surface area contributed by atoms with Gasteiger partial charge in [0.2, 0.25) is 0 Å². The number of hydrogen-bond donors (Lipinski definition) is 2.